The van der Waals surface area contributed by atoms with E-state index in [1.54, 1.807) is 6.07 Å². The van der Waals surface area contributed by atoms with Crippen LogP contribution in [0.15, 0.2) is 54.6 Å². The number of nitrogens with zero attached hydrogens (tertiary/aromatic N) is 1. The quantitative estimate of drug-likeness (QED) is 0.720. The lowest BCUT2D eigenvalue weighted by atomic mass is 10.1. The zero-order valence-electron chi connectivity index (χ0n) is 13.3. The second kappa shape index (κ2) is 6.54. The van der Waals surface area contributed by atoms with Gasteiger partial charge >= 0.3 is 5.97 Å². The third kappa shape index (κ3) is 2.99. The standard InChI is InChI=1S/C20H17NO3/c1-2-21-16(11-9-15-5-3-4-6-18(15)21)10-7-14-8-12-17(20(23)24)19(22)13-14/h3-13H,2H2,1H3,(H-,22,23,24)/p+1. The number of hydrogen-bond donors (Lipinski definition) is 2. The largest absolute Gasteiger partial charge is 0.507 e. The molecule has 2 N–H and O–H groups in total. The van der Waals surface area contributed by atoms with Gasteiger partial charge in [0.2, 0.25) is 11.2 Å². The van der Waals surface area contributed by atoms with Gasteiger partial charge < -0.3 is 10.2 Å². The molecule has 0 unspecified atom stereocenters. The number of aromatic carboxylic acids is 1. The van der Waals surface area contributed by atoms with Crippen LogP contribution in [0, 0.1) is 0 Å². The van der Waals surface area contributed by atoms with E-state index in [-0.39, 0.29) is 11.3 Å². The number of hydrogen-bond acceptors (Lipinski definition) is 2. The molecule has 4 heteroatoms. The van der Waals surface area contributed by atoms with Crippen molar-refractivity contribution in [3.05, 3.63) is 71.4 Å². The van der Waals surface area contributed by atoms with Crippen LogP contribution in [0.1, 0.15) is 28.5 Å². The molecular weight excluding hydrogens is 302 g/mol. The average Bonchev–Trinajstić information content (AvgIpc) is 2.59. The highest BCUT2D eigenvalue weighted by Crippen LogP contribution is 2.20. The van der Waals surface area contributed by atoms with Gasteiger partial charge in [-0.05, 0) is 42.8 Å². The molecule has 0 spiro atoms. The first-order valence-corrected chi connectivity index (χ1v) is 7.76. The second-order valence-electron chi connectivity index (χ2n) is 5.48. The average molecular weight is 320 g/mol. The molecule has 3 rings (SSSR count). The van der Waals surface area contributed by atoms with Gasteiger partial charge in [0, 0.05) is 23.6 Å². The van der Waals surface area contributed by atoms with E-state index < -0.39 is 5.97 Å². The number of aromatic hydroxyl groups is 1. The lowest BCUT2D eigenvalue weighted by Gasteiger charge is -2.03. The number of carboxylic acids is 1. The predicted molar refractivity (Wildman–Crippen MR) is 93.8 cm³/mol. The van der Waals surface area contributed by atoms with Crippen LogP contribution in [0.4, 0.5) is 0 Å². The van der Waals surface area contributed by atoms with Crippen molar-refractivity contribution in [2.75, 3.05) is 0 Å². The number of phenols is 1. The Morgan fingerprint density at radius 3 is 2.58 bits per heavy atom. The fourth-order valence-corrected chi connectivity index (χ4v) is 2.79. The molecule has 4 nitrogen and oxygen atoms in total. The first kappa shape index (κ1) is 15.7. The van der Waals surface area contributed by atoms with Gasteiger partial charge in [-0.3, -0.25) is 0 Å². The maximum absolute atomic E-state index is 10.9. The first-order valence-electron chi connectivity index (χ1n) is 7.76. The number of carboxylic acid groups (broad SMARTS) is 1. The van der Waals surface area contributed by atoms with Crippen molar-refractivity contribution in [3.8, 4) is 5.75 Å². The Morgan fingerprint density at radius 2 is 1.88 bits per heavy atom. The molecule has 0 fully saturated rings. The van der Waals surface area contributed by atoms with Crippen molar-refractivity contribution in [1.82, 2.24) is 0 Å². The summed E-state index contributed by atoms with van der Waals surface area (Å²) in [7, 11) is 0. The zero-order valence-corrected chi connectivity index (χ0v) is 13.3. The summed E-state index contributed by atoms with van der Waals surface area (Å²) >= 11 is 0. The molecule has 1 heterocycles. The SMILES string of the molecule is CC[n+]1c(C=Cc2ccc(C(=O)O)c(O)c2)ccc2ccccc21. The van der Waals surface area contributed by atoms with E-state index in [0.29, 0.717) is 0 Å². The monoisotopic (exact) mass is 320 g/mol. The van der Waals surface area contributed by atoms with Crippen LogP contribution in [0.25, 0.3) is 23.1 Å². The molecule has 0 bridgehead atoms. The Kier molecular flexibility index (Phi) is 4.29. The van der Waals surface area contributed by atoms with Crippen molar-refractivity contribution >= 4 is 29.0 Å². The van der Waals surface area contributed by atoms with Gasteiger partial charge in [0.05, 0.1) is 0 Å². The highest BCUT2D eigenvalue weighted by molar-refractivity contribution is 5.91. The number of para-hydroxylation sites is 1. The number of pyridine rings is 1. The zero-order chi connectivity index (χ0) is 17.1. The maximum atomic E-state index is 10.9. The Bertz CT molecular complexity index is 945. The van der Waals surface area contributed by atoms with Crippen molar-refractivity contribution in [3.63, 3.8) is 0 Å². The summed E-state index contributed by atoms with van der Waals surface area (Å²) in [6, 6.07) is 16.9. The summed E-state index contributed by atoms with van der Waals surface area (Å²) in [5.41, 5.74) is 2.85. The van der Waals surface area contributed by atoms with E-state index in [0.717, 1.165) is 23.3 Å². The summed E-state index contributed by atoms with van der Waals surface area (Å²) in [6.07, 6.45) is 3.83. The third-order valence-electron chi connectivity index (χ3n) is 3.99. The third-order valence-corrected chi connectivity index (χ3v) is 3.99. The number of rotatable bonds is 4. The van der Waals surface area contributed by atoms with Gasteiger partial charge in [0.1, 0.15) is 17.9 Å². The molecule has 0 aliphatic heterocycles. The minimum absolute atomic E-state index is 0.0959. The molecule has 0 saturated carbocycles. The minimum atomic E-state index is -1.14. The summed E-state index contributed by atoms with van der Waals surface area (Å²) in [4.78, 5) is 10.9. The smallest absolute Gasteiger partial charge is 0.339 e. The Balaban J connectivity index is 1.99. The van der Waals surface area contributed by atoms with Crippen molar-refractivity contribution in [2.24, 2.45) is 0 Å². The van der Waals surface area contributed by atoms with Crippen molar-refractivity contribution in [2.45, 2.75) is 13.5 Å². The van der Waals surface area contributed by atoms with E-state index in [1.807, 2.05) is 30.4 Å². The lowest BCUT2D eigenvalue weighted by Crippen LogP contribution is -2.36. The van der Waals surface area contributed by atoms with E-state index in [1.165, 1.54) is 17.5 Å². The molecule has 120 valence electrons. The Morgan fingerprint density at radius 1 is 1.08 bits per heavy atom. The van der Waals surface area contributed by atoms with Gasteiger partial charge in [0.25, 0.3) is 0 Å². The lowest BCUT2D eigenvalue weighted by molar-refractivity contribution is -0.669. The molecule has 0 atom stereocenters. The number of aryl methyl sites for hydroxylation is 1. The fourth-order valence-electron chi connectivity index (χ4n) is 2.79. The molecule has 0 saturated heterocycles. The van der Waals surface area contributed by atoms with Crippen LogP contribution in [-0.4, -0.2) is 16.2 Å². The molecular formula is C20H18NO3+. The van der Waals surface area contributed by atoms with Crippen LogP contribution in [-0.2, 0) is 6.54 Å². The molecule has 0 aliphatic carbocycles. The molecule has 0 radical (unpaired) electrons. The number of fused-ring (bicyclic) bond motifs is 1. The Labute approximate surface area is 139 Å². The van der Waals surface area contributed by atoms with Gasteiger partial charge in [0.15, 0.2) is 0 Å². The van der Waals surface area contributed by atoms with Gasteiger partial charge in [-0.25, -0.2) is 4.79 Å². The number of aromatic nitrogens is 1. The van der Waals surface area contributed by atoms with E-state index >= 15 is 0 Å². The summed E-state index contributed by atoms with van der Waals surface area (Å²) in [6.45, 7) is 2.93. The summed E-state index contributed by atoms with van der Waals surface area (Å²) in [5, 5.41) is 19.9. The topological polar surface area (TPSA) is 61.4 Å². The van der Waals surface area contributed by atoms with E-state index in [2.05, 4.69) is 29.7 Å². The summed E-state index contributed by atoms with van der Waals surface area (Å²) in [5.74, 6) is -1.37. The summed E-state index contributed by atoms with van der Waals surface area (Å²) < 4.78 is 2.21. The van der Waals surface area contributed by atoms with Crippen LogP contribution < -0.4 is 4.57 Å². The first-order chi connectivity index (χ1) is 11.6. The number of carbonyl (C=O) groups is 1. The van der Waals surface area contributed by atoms with Crippen molar-refractivity contribution < 1.29 is 19.6 Å². The molecule has 2 aromatic carbocycles. The van der Waals surface area contributed by atoms with Crippen LogP contribution in [0.5, 0.6) is 5.75 Å². The molecule has 1 aromatic heterocycles. The van der Waals surface area contributed by atoms with Gasteiger partial charge in [-0.15, -0.1) is 0 Å². The highest BCUT2D eigenvalue weighted by Gasteiger charge is 2.12. The molecule has 3 aromatic rings. The highest BCUT2D eigenvalue weighted by atomic mass is 16.4. The molecule has 24 heavy (non-hydrogen) atoms. The fraction of sp³-hybridized carbons (Fsp3) is 0.100. The van der Waals surface area contributed by atoms with Crippen molar-refractivity contribution in [1.29, 1.82) is 0 Å². The number of benzene rings is 2. The van der Waals surface area contributed by atoms with Gasteiger partial charge in [-0.1, -0.05) is 18.2 Å². The Hall–Kier alpha value is -3.14. The van der Waals surface area contributed by atoms with Crippen LogP contribution in [0.3, 0.4) is 0 Å². The molecule has 0 amide bonds. The van der Waals surface area contributed by atoms with Crippen LogP contribution >= 0.6 is 0 Å². The van der Waals surface area contributed by atoms with Crippen LogP contribution in [0.2, 0.25) is 0 Å². The predicted octanol–water partition coefficient (Wildman–Crippen LogP) is 3.72. The van der Waals surface area contributed by atoms with E-state index in [4.69, 9.17) is 5.11 Å². The minimum Gasteiger partial charge on any atom is -0.507 e. The normalized spacial score (nSPS) is 11.2. The second-order valence-corrected chi connectivity index (χ2v) is 5.48. The molecule has 0 aliphatic rings. The maximum Gasteiger partial charge on any atom is 0.339 e. The van der Waals surface area contributed by atoms with E-state index in [9.17, 15) is 9.90 Å². The van der Waals surface area contributed by atoms with Gasteiger partial charge in [-0.2, -0.15) is 4.57 Å².